The third-order valence-corrected chi connectivity index (χ3v) is 13.3. The maximum Gasteiger partial charge on any atom is 0.132 e. The van der Waals surface area contributed by atoms with E-state index in [4.69, 9.17) is 9.47 Å². The van der Waals surface area contributed by atoms with Gasteiger partial charge in [0.25, 0.3) is 0 Å². The highest BCUT2D eigenvalue weighted by Gasteiger charge is 2.44. The summed E-state index contributed by atoms with van der Waals surface area (Å²) in [5.74, 6) is 3.64. The standard InChI is InChI=1S/C56H38O2/c1-55(51-43-15-7-3-11-37(43)23-31-47(51)57-48-32-24-38-12-4-8-16-44(38)52(48)55)41-27-19-35(20-28-41)36-21-29-42(30-22-36)56(2)53-45-17-9-5-13-39(45)25-33-49(53)58-50-34-26-40-14-6-10-18-46(40)54(50)56/h3-34H,1-2H3. The van der Waals surface area contributed by atoms with E-state index in [1.165, 1.54) is 87.6 Å². The van der Waals surface area contributed by atoms with Crippen molar-refractivity contribution in [1.82, 2.24) is 0 Å². The smallest absolute Gasteiger partial charge is 0.132 e. The first-order valence-corrected chi connectivity index (χ1v) is 20.2. The highest BCUT2D eigenvalue weighted by atomic mass is 16.5. The van der Waals surface area contributed by atoms with E-state index in [2.05, 4.69) is 208 Å². The zero-order valence-corrected chi connectivity index (χ0v) is 32.3. The quantitative estimate of drug-likeness (QED) is 0.179. The SMILES string of the molecule is CC1(c2ccc(-c3ccc(C4(C)c5c(ccc6ccccc56)Oc5ccc6ccccc6c54)cc3)cc2)c2c(ccc3ccccc23)Oc2ccc3ccccc3c21. The van der Waals surface area contributed by atoms with Crippen LogP contribution in [0.1, 0.15) is 47.2 Å². The largest absolute Gasteiger partial charge is 0.457 e. The third-order valence-electron chi connectivity index (χ3n) is 13.3. The average Bonchev–Trinajstić information content (AvgIpc) is 3.28. The number of fused-ring (bicyclic) bond motifs is 12. The molecule has 0 saturated heterocycles. The van der Waals surface area contributed by atoms with Gasteiger partial charge in [0.05, 0.1) is 10.8 Å². The Kier molecular flexibility index (Phi) is 6.93. The molecule has 0 amide bonds. The Morgan fingerprint density at radius 3 is 0.810 bits per heavy atom. The zero-order valence-electron chi connectivity index (χ0n) is 32.3. The fourth-order valence-electron chi connectivity index (χ4n) is 10.5. The molecule has 0 unspecified atom stereocenters. The van der Waals surface area contributed by atoms with Crippen LogP contribution in [0, 0.1) is 0 Å². The van der Waals surface area contributed by atoms with E-state index in [1.807, 2.05) is 0 Å². The van der Waals surface area contributed by atoms with Crippen LogP contribution in [0.2, 0.25) is 0 Å². The monoisotopic (exact) mass is 742 g/mol. The van der Waals surface area contributed by atoms with Crippen molar-refractivity contribution in [2.45, 2.75) is 24.7 Å². The van der Waals surface area contributed by atoms with Crippen molar-refractivity contribution in [3.05, 3.63) is 228 Å². The van der Waals surface area contributed by atoms with Crippen molar-refractivity contribution in [3.63, 3.8) is 0 Å². The van der Waals surface area contributed by atoms with E-state index < -0.39 is 10.8 Å². The van der Waals surface area contributed by atoms with E-state index in [0.29, 0.717) is 0 Å². The van der Waals surface area contributed by atoms with Gasteiger partial charge in [-0.25, -0.2) is 0 Å². The lowest BCUT2D eigenvalue weighted by atomic mass is 9.66. The number of hydrogen-bond acceptors (Lipinski definition) is 2. The second-order valence-electron chi connectivity index (χ2n) is 16.2. The molecule has 2 heterocycles. The van der Waals surface area contributed by atoms with Crippen LogP contribution in [0.4, 0.5) is 0 Å². The molecule has 0 fully saturated rings. The molecule has 2 heteroatoms. The summed E-state index contributed by atoms with van der Waals surface area (Å²) in [5.41, 5.74) is 8.68. The van der Waals surface area contributed by atoms with E-state index in [9.17, 15) is 0 Å². The first-order chi connectivity index (χ1) is 28.5. The molecular formula is C56H38O2. The van der Waals surface area contributed by atoms with E-state index in [-0.39, 0.29) is 0 Å². The van der Waals surface area contributed by atoms with Crippen LogP contribution < -0.4 is 9.47 Å². The number of rotatable bonds is 3. The van der Waals surface area contributed by atoms with E-state index >= 15 is 0 Å². The van der Waals surface area contributed by atoms with Crippen LogP contribution in [-0.4, -0.2) is 0 Å². The summed E-state index contributed by atoms with van der Waals surface area (Å²) in [7, 11) is 0. The Bertz CT molecular complexity index is 2910. The molecule has 10 aromatic rings. The van der Waals surface area contributed by atoms with Crippen LogP contribution in [-0.2, 0) is 10.8 Å². The van der Waals surface area contributed by atoms with Gasteiger partial charge < -0.3 is 9.47 Å². The van der Waals surface area contributed by atoms with Crippen LogP contribution >= 0.6 is 0 Å². The summed E-state index contributed by atoms with van der Waals surface area (Å²) in [6.07, 6.45) is 0. The Labute approximate surface area is 337 Å². The molecule has 0 spiro atoms. The van der Waals surface area contributed by atoms with Gasteiger partial charge in [0.15, 0.2) is 0 Å². The van der Waals surface area contributed by atoms with E-state index in [1.54, 1.807) is 0 Å². The van der Waals surface area contributed by atoms with Crippen molar-refractivity contribution < 1.29 is 9.47 Å². The highest BCUT2D eigenvalue weighted by molar-refractivity contribution is 5.98. The molecule has 0 atom stereocenters. The Balaban J connectivity index is 1.01. The first-order valence-electron chi connectivity index (χ1n) is 20.2. The maximum absolute atomic E-state index is 6.76. The van der Waals surface area contributed by atoms with Crippen LogP contribution in [0.5, 0.6) is 23.0 Å². The zero-order chi connectivity index (χ0) is 38.6. The van der Waals surface area contributed by atoms with Gasteiger partial charge in [0.1, 0.15) is 23.0 Å². The first kappa shape index (κ1) is 33.0. The Morgan fingerprint density at radius 2 is 0.534 bits per heavy atom. The highest BCUT2D eigenvalue weighted by Crippen LogP contribution is 2.57. The summed E-state index contributed by atoms with van der Waals surface area (Å²) in [4.78, 5) is 0. The van der Waals surface area contributed by atoms with Gasteiger partial charge in [-0.2, -0.15) is 0 Å². The predicted molar refractivity (Wildman–Crippen MR) is 239 cm³/mol. The van der Waals surface area contributed by atoms with E-state index in [0.717, 1.165) is 23.0 Å². The summed E-state index contributed by atoms with van der Waals surface area (Å²) in [6.45, 7) is 4.76. The number of hydrogen-bond donors (Lipinski definition) is 0. The molecule has 2 aliphatic heterocycles. The molecule has 0 saturated carbocycles. The Hall–Kier alpha value is -7.16. The minimum absolute atomic E-state index is 0.475. The molecule has 0 bridgehead atoms. The van der Waals surface area contributed by atoms with Gasteiger partial charge in [0, 0.05) is 22.3 Å². The molecule has 0 aliphatic carbocycles. The molecule has 0 radical (unpaired) electrons. The summed E-state index contributed by atoms with van der Waals surface area (Å²) in [6, 6.07) is 70.5. The van der Waals surface area contributed by atoms with Crippen molar-refractivity contribution in [2.75, 3.05) is 0 Å². The molecule has 58 heavy (non-hydrogen) atoms. The number of ether oxygens (including phenoxy) is 2. The fourth-order valence-corrected chi connectivity index (χ4v) is 10.5. The molecule has 12 rings (SSSR count). The second kappa shape index (κ2) is 12.2. The van der Waals surface area contributed by atoms with Crippen molar-refractivity contribution >= 4 is 43.1 Å². The Morgan fingerprint density at radius 1 is 0.276 bits per heavy atom. The molecule has 0 N–H and O–H groups in total. The van der Waals surface area contributed by atoms with Crippen molar-refractivity contribution in [2.24, 2.45) is 0 Å². The molecule has 10 aromatic carbocycles. The summed E-state index contributed by atoms with van der Waals surface area (Å²) in [5, 5.41) is 9.69. The molecular weight excluding hydrogens is 705 g/mol. The number of benzene rings is 10. The normalized spacial score (nSPS) is 14.6. The third kappa shape index (κ3) is 4.54. The van der Waals surface area contributed by atoms with Gasteiger partial charge in [-0.1, -0.05) is 170 Å². The van der Waals surface area contributed by atoms with Gasteiger partial charge >= 0.3 is 0 Å². The topological polar surface area (TPSA) is 18.5 Å². The van der Waals surface area contributed by atoms with Crippen LogP contribution in [0.3, 0.4) is 0 Å². The summed E-state index contributed by atoms with van der Waals surface area (Å²) >= 11 is 0. The fraction of sp³-hybridized carbons (Fsp3) is 0.0714. The van der Waals surface area contributed by atoms with Crippen molar-refractivity contribution in [3.8, 4) is 34.1 Å². The minimum Gasteiger partial charge on any atom is -0.457 e. The molecule has 2 nitrogen and oxygen atoms in total. The van der Waals surface area contributed by atoms with Crippen molar-refractivity contribution in [1.29, 1.82) is 0 Å². The average molecular weight is 743 g/mol. The maximum atomic E-state index is 6.76. The van der Waals surface area contributed by atoms with Gasteiger partial charge in [0.2, 0.25) is 0 Å². The lowest BCUT2D eigenvalue weighted by Gasteiger charge is -2.40. The molecule has 0 aromatic heterocycles. The van der Waals surface area contributed by atoms with Crippen LogP contribution in [0.15, 0.2) is 194 Å². The van der Waals surface area contributed by atoms with Crippen LogP contribution in [0.25, 0.3) is 54.2 Å². The van der Waals surface area contributed by atoms with Gasteiger partial charge in [-0.15, -0.1) is 0 Å². The molecule has 274 valence electrons. The van der Waals surface area contributed by atoms with Gasteiger partial charge in [-0.3, -0.25) is 0 Å². The lowest BCUT2D eigenvalue weighted by Crippen LogP contribution is -2.30. The predicted octanol–water partition coefficient (Wildman–Crippen LogP) is 14.9. The molecule has 2 aliphatic rings. The summed E-state index contributed by atoms with van der Waals surface area (Å²) < 4.78 is 13.5. The second-order valence-corrected chi connectivity index (χ2v) is 16.2. The van der Waals surface area contributed by atoms with Gasteiger partial charge in [-0.05, 0) is 103 Å². The minimum atomic E-state index is -0.475. The lowest BCUT2D eigenvalue weighted by molar-refractivity contribution is 0.431.